The lowest BCUT2D eigenvalue weighted by molar-refractivity contribution is -0.117. The van der Waals surface area contributed by atoms with Gasteiger partial charge in [-0.1, -0.05) is 49.4 Å². The number of pyridine rings is 1. The minimum atomic E-state index is -0.383. The number of nitriles is 1. The van der Waals surface area contributed by atoms with Crippen LogP contribution in [0.1, 0.15) is 35.4 Å². The van der Waals surface area contributed by atoms with Crippen LogP contribution in [0.2, 0.25) is 0 Å². The van der Waals surface area contributed by atoms with Crippen molar-refractivity contribution in [2.75, 3.05) is 18.4 Å². The summed E-state index contributed by atoms with van der Waals surface area (Å²) >= 11 is 0. The highest BCUT2D eigenvalue weighted by atomic mass is 16.2. The van der Waals surface area contributed by atoms with Gasteiger partial charge in [-0.2, -0.15) is 20.3 Å². The van der Waals surface area contributed by atoms with Crippen molar-refractivity contribution in [1.29, 1.82) is 5.26 Å². The Morgan fingerprint density at radius 2 is 1.77 bits per heavy atom. The molecule has 2 aromatic heterocycles. The Hall–Kier alpha value is -4.35. The van der Waals surface area contributed by atoms with Crippen molar-refractivity contribution in [2.24, 2.45) is 7.05 Å². The fourth-order valence-electron chi connectivity index (χ4n) is 3.81. The van der Waals surface area contributed by atoms with Crippen LogP contribution in [-0.4, -0.2) is 39.0 Å². The topological polar surface area (TPSA) is 109 Å². The first-order valence-electron chi connectivity index (χ1n) is 11.4. The second-order valence-corrected chi connectivity index (χ2v) is 8.40. The van der Waals surface area contributed by atoms with Gasteiger partial charge in [0.1, 0.15) is 11.5 Å². The van der Waals surface area contributed by atoms with Crippen LogP contribution in [0.5, 0.6) is 0 Å². The highest BCUT2D eigenvalue weighted by Crippen LogP contribution is 2.20. The smallest absolute Gasteiger partial charge is 0.234 e. The molecule has 0 spiro atoms. The van der Waals surface area contributed by atoms with Crippen LogP contribution in [0.25, 0.3) is 11.3 Å². The zero-order chi connectivity index (χ0) is 24.6. The number of rotatable bonds is 9. The lowest BCUT2D eigenvalue weighted by Gasteiger charge is -2.20. The number of hydrogen-bond acceptors (Lipinski definition) is 6. The summed E-state index contributed by atoms with van der Waals surface area (Å²) < 4.78 is 0. The molecule has 2 N–H and O–H groups in total. The van der Waals surface area contributed by atoms with Gasteiger partial charge in [-0.15, -0.1) is 0 Å². The van der Waals surface area contributed by atoms with Gasteiger partial charge in [0.2, 0.25) is 5.91 Å². The maximum Gasteiger partial charge on any atom is 0.234 e. The van der Waals surface area contributed by atoms with E-state index in [0.717, 1.165) is 22.4 Å². The summed E-state index contributed by atoms with van der Waals surface area (Å²) in [4.78, 5) is 19.1. The van der Waals surface area contributed by atoms with Gasteiger partial charge in [-0.25, -0.2) is 4.98 Å². The molecule has 8 nitrogen and oxygen atoms in total. The second kappa shape index (κ2) is 11.2. The normalized spacial score (nSPS) is 12.5. The van der Waals surface area contributed by atoms with Crippen molar-refractivity contribution < 1.29 is 4.79 Å². The Labute approximate surface area is 204 Å². The maximum absolute atomic E-state index is 13.2. The molecule has 35 heavy (non-hydrogen) atoms. The minimum absolute atomic E-state index is 0.130. The zero-order valence-electron chi connectivity index (χ0n) is 19.7. The number of anilines is 1. The molecule has 0 radical (unpaired) electrons. The minimum Gasteiger partial charge on any atom is -0.315 e. The summed E-state index contributed by atoms with van der Waals surface area (Å²) in [5, 5.41) is 23.7. The van der Waals surface area contributed by atoms with E-state index in [1.165, 1.54) is 4.80 Å². The molecule has 4 rings (SSSR count). The van der Waals surface area contributed by atoms with E-state index in [4.69, 9.17) is 5.26 Å². The number of nitrogens with one attached hydrogen (secondary N) is 2. The maximum atomic E-state index is 13.2. The standard InChI is InChI=1S/C27H27N7O/c1-19(21-10-8-20(14-28)9-11-21)15-29-17-24(22-6-4-3-5-7-22)27(35)32-26-13-12-23(16-30-26)25-18-31-34(2)33-25/h3-13,16,18-19,24,29H,15,17H2,1-2H3,(H,30,32,35)/t19-,24?/m1/s1. The Morgan fingerprint density at radius 3 is 2.40 bits per heavy atom. The fraction of sp³-hybridized carbons (Fsp3) is 0.222. The molecular weight excluding hydrogens is 438 g/mol. The molecule has 0 aliphatic carbocycles. The first-order valence-corrected chi connectivity index (χ1v) is 11.4. The molecule has 2 aromatic carbocycles. The number of carbonyl (C=O) groups excluding carboxylic acids is 1. The predicted molar refractivity (Wildman–Crippen MR) is 134 cm³/mol. The Morgan fingerprint density at radius 1 is 1.00 bits per heavy atom. The van der Waals surface area contributed by atoms with E-state index >= 15 is 0 Å². The van der Waals surface area contributed by atoms with Crippen molar-refractivity contribution in [1.82, 2.24) is 25.3 Å². The SMILES string of the molecule is C[C@H](CNCC(C(=O)Nc1ccc(-c2cnn(C)n2)cn1)c1ccccc1)c1ccc(C#N)cc1. The summed E-state index contributed by atoms with van der Waals surface area (Å²) in [6.45, 7) is 3.30. The quantitative estimate of drug-likeness (QED) is 0.389. The summed E-state index contributed by atoms with van der Waals surface area (Å²) in [5.74, 6) is 0.201. The third-order valence-corrected chi connectivity index (χ3v) is 5.84. The summed E-state index contributed by atoms with van der Waals surface area (Å²) in [7, 11) is 1.76. The van der Waals surface area contributed by atoms with E-state index in [2.05, 4.69) is 38.8 Å². The summed E-state index contributed by atoms with van der Waals surface area (Å²) in [5.41, 5.74) is 4.27. The molecule has 0 fully saturated rings. The Balaban J connectivity index is 1.40. The number of hydrogen-bond donors (Lipinski definition) is 2. The average Bonchev–Trinajstić information content (AvgIpc) is 3.33. The highest BCUT2D eigenvalue weighted by molar-refractivity contribution is 5.95. The monoisotopic (exact) mass is 465 g/mol. The molecule has 1 amide bonds. The number of benzene rings is 2. The van der Waals surface area contributed by atoms with Gasteiger partial charge in [0.05, 0.1) is 23.7 Å². The van der Waals surface area contributed by atoms with Crippen molar-refractivity contribution in [3.8, 4) is 17.3 Å². The lowest BCUT2D eigenvalue weighted by Crippen LogP contribution is -2.32. The number of aryl methyl sites for hydroxylation is 1. The number of nitrogens with zero attached hydrogens (tertiary/aromatic N) is 5. The van der Waals surface area contributed by atoms with Crippen LogP contribution in [0.3, 0.4) is 0 Å². The zero-order valence-corrected chi connectivity index (χ0v) is 19.7. The van der Waals surface area contributed by atoms with Crippen molar-refractivity contribution in [3.63, 3.8) is 0 Å². The molecule has 0 saturated carbocycles. The van der Waals surface area contributed by atoms with Crippen LogP contribution in [0.4, 0.5) is 5.82 Å². The van der Waals surface area contributed by atoms with E-state index in [-0.39, 0.29) is 17.7 Å². The molecule has 0 aliphatic heterocycles. The fourth-order valence-corrected chi connectivity index (χ4v) is 3.81. The summed E-state index contributed by atoms with van der Waals surface area (Å²) in [6, 6.07) is 23.1. The van der Waals surface area contributed by atoms with Gasteiger partial charge in [0.15, 0.2) is 0 Å². The molecule has 0 aliphatic rings. The van der Waals surface area contributed by atoms with Gasteiger partial charge in [0.25, 0.3) is 0 Å². The Kier molecular flexibility index (Phi) is 7.60. The third-order valence-electron chi connectivity index (χ3n) is 5.84. The first kappa shape index (κ1) is 23.8. The average molecular weight is 466 g/mol. The summed E-state index contributed by atoms with van der Waals surface area (Å²) in [6.07, 6.45) is 3.35. The van der Waals surface area contributed by atoms with Gasteiger partial charge in [-0.05, 0) is 41.3 Å². The number of carbonyl (C=O) groups is 1. The van der Waals surface area contributed by atoms with Crippen molar-refractivity contribution in [3.05, 3.63) is 95.8 Å². The van der Waals surface area contributed by atoms with Gasteiger partial charge >= 0.3 is 0 Å². The molecule has 0 bridgehead atoms. The van der Waals surface area contributed by atoms with E-state index in [0.29, 0.717) is 24.5 Å². The molecule has 4 aromatic rings. The van der Waals surface area contributed by atoms with Crippen LogP contribution in [0.15, 0.2) is 79.1 Å². The van der Waals surface area contributed by atoms with Crippen LogP contribution in [0, 0.1) is 11.3 Å². The molecular formula is C27H27N7O. The van der Waals surface area contributed by atoms with Crippen molar-refractivity contribution in [2.45, 2.75) is 18.8 Å². The number of aromatic nitrogens is 4. The molecule has 1 unspecified atom stereocenters. The first-order chi connectivity index (χ1) is 17.0. The molecule has 0 saturated heterocycles. The highest BCUT2D eigenvalue weighted by Gasteiger charge is 2.21. The van der Waals surface area contributed by atoms with Gasteiger partial charge < -0.3 is 10.6 Å². The Bertz CT molecular complexity index is 1290. The van der Waals surface area contributed by atoms with E-state index < -0.39 is 0 Å². The lowest BCUT2D eigenvalue weighted by atomic mass is 9.96. The van der Waals surface area contributed by atoms with Crippen molar-refractivity contribution >= 4 is 11.7 Å². The van der Waals surface area contributed by atoms with Gasteiger partial charge in [-0.3, -0.25) is 4.79 Å². The van der Waals surface area contributed by atoms with Crippen LogP contribution < -0.4 is 10.6 Å². The number of amides is 1. The largest absolute Gasteiger partial charge is 0.315 e. The molecule has 8 heteroatoms. The third kappa shape index (κ3) is 6.16. The van der Waals surface area contributed by atoms with Crippen LogP contribution in [-0.2, 0) is 11.8 Å². The van der Waals surface area contributed by atoms with E-state index in [9.17, 15) is 4.79 Å². The second-order valence-electron chi connectivity index (χ2n) is 8.40. The predicted octanol–water partition coefficient (Wildman–Crippen LogP) is 3.86. The van der Waals surface area contributed by atoms with E-state index in [1.54, 1.807) is 25.5 Å². The molecule has 2 heterocycles. The molecule has 2 atom stereocenters. The van der Waals surface area contributed by atoms with Crippen LogP contribution >= 0.6 is 0 Å². The van der Waals surface area contributed by atoms with Gasteiger partial charge in [0, 0.05) is 31.9 Å². The molecule has 176 valence electrons. The van der Waals surface area contributed by atoms with E-state index in [1.807, 2.05) is 60.7 Å².